The average molecular weight is 332 g/mol. The normalized spacial score (nSPS) is 20.5. The Labute approximate surface area is 141 Å². The lowest BCUT2D eigenvalue weighted by Crippen LogP contribution is -2.36. The van der Waals surface area contributed by atoms with Crippen molar-refractivity contribution in [3.63, 3.8) is 0 Å². The molecule has 130 valence electrons. The van der Waals surface area contributed by atoms with Crippen molar-refractivity contribution in [3.05, 3.63) is 29.8 Å². The second-order valence-electron chi connectivity index (χ2n) is 6.53. The van der Waals surface area contributed by atoms with E-state index in [-0.39, 0.29) is 17.9 Å². The summed E-state index contributed by atoms with van der Waals surface area (Å²) in [5, 5.41) is 14.8. The van der Waals surface area contributed by atoms with Crippen LogP contribution in [-0.4, -0.2) is 28.9 Å². The van der Waals surface area contributed by atoms with E-state index in [2.05, 4.69) is 10.6 Å². The van der Waals surface area contributed by atoms with Crippen molar-refractivity contribution in [2.24, 2.45) is 11.8 Å². The van der Waals surface area contributed by atoms with E-state index >= 15 is 0 Å². The monoisotopic (exact) mass is 332 g/mol. The summed E-state index contributed by atoms with van der Waals surface area (Å²) in [6, 6.07) is 6.69. The van der Waals surface area contributed by atoms with Gasteiger partial charge in [-0.1, -0.05) is 18.9 Å². The number of aliphatic carboxylic acids is 1. The molecule has 1 fully saturated rings. The van der Waals surface area contributed by atoms with Gasteiger partial charge in [0.2, 0.25) is 5.91 Å². The van der Waals surface area contributed by atoms with Crippen LogP contribution in [0.3, 0.4) is 0 Å². The zero-order valence-electron chi connectivity index (χ0n) is 14.0. The molecule has 3 N–H and O–H groups in total. The van der Waals surface area contributed by atoms with Gasteiger partial charge >= 0.3 is 5.97 Å². The van der Waals surface area contributed by atoms with Gasteiger partial charge in [-0.05, 0) is 44.9 Å². The first kappa shape index (κ1) is 18.0. The van der Waals surface area contributed by atoms with E-state index in [0.29, 0.717) is 24.1 Å². The number of rotatable bonds is 5. The second-order valence-corrected chi connectivity index (χ2v) is 6.53. The fourth-order valence-electron chi connectivity index (χ4n) is 3.06. The molecule has 2 amide bonds. The molecule has 24 heavy (non-hydrogen) atoms. The van der Waals surface area contributed by atoms with Crippen LogP contribution in [0.15, 0.2) is 24.3 Å². The van der Waals surface area contributed by atoms with Crippen LogP contribution in [0.1, 0.15) is 49.9 Å². The maximum Gasteiger partial charge on any atom is 0.307 e. The van der Waals surface area contributed by atoms with E-state index in [1.54, 1.807) is 24.3 Å². The number of carbonyl (C=O) groups is 3. The summed E-state index contributed by atoms with van der Waals surface area (Å²) < 4.78 is 0. The van der Waals surface area contributed by atoms with E-state index in [9.17, 15) is 19.5 Å². The first-order valence-corrected chi connectivity index (χ1v) is 8.33. The standard InChI is InChI=1S/C18H24N2O4/c1-11(2)19-16(21)12-6-5-7-13(10-12)20-17(22)14-8-3-4-9-15(14)18(23)24/h5-7,10-11,14-15H,3-4,8-9H2,1-2H3,(H,19,21)(H,20,22)(H,23,24). The van der Waals surface area contributed by atoms with Gasteiger partial charge in [-0.2, -0.15) is 0 Å². The number of nitrogens with one attached hydrogen (secondary N) is 2. The molecular formula is C18H24N2O4. The summed E-state index contributed by atoms with van der Waals surface area (Å²) in [5.41, 5.74) is 0.964. The number of carbonyl (C=O) groups excluding carboxylic acids is 2. The molecule has 1 aromatic carbocycles. The Morgan fingerprint density at radius 3 is 2.42 bits per heavy atom. The topological polar surface area (TPSA) is 95.5 Å². The van der Waals surface area contributed by atoms with Crippen LogP contribution < -0.4 is 10.6 Å². The molecule has 0 aromatic heterocycles. The molecule has 2 unspecified atom stereocenters. The Morgan fingerprint density at radius 1 is 1.12 bits per heavy atom. The lowest BCUT2D eigenvalue weighted by Gasteiger charge is -2.27. The van der Waals surface area contributed by atoms with Crippen molar-refractivity contribution in [2.75, 3.05) is 5.32 Å². The molecule has 1 saturated carbocycles. The smallest absolute Gasteiger partial charge is 0.307 e. The van der Waals surface area contributed by atoms with Crippen molar-refractivity contribution in [1.82, 2.24) is 5.32 Å². The lowest BCUT2D eigenvalue weighted by atomic mass is 9.78. The summed E-state index contributed by atoms with van der Waals surface area (Å²) in [6.07, 6.45) is 2.81. The fourth-order valence-corrected chi connectivity index (χ4v) is 3.06. The first-order chi connectivity index (χ1) is 11.4. The highest BCUT2D eigenvalue weighted by molar-refractivity contribution is 5.98. The molecule has 0 heterocycles. The second kappa shape index (κ2) is 7.95. The number of benzene rings is 1. The van der Waals surface area contributed by atoms with Gasteiger partial charge < -0.3 is 15.7 Å². The number of anilines is 1. The van der Waals surface area contributed by atoms with Crippen LogP contribution >= 0.6 is 0 Å². The lowest BCUT2D eigenvalue weighted by molar-refractivity contribution is -0.147. The summed E-state index contributed by atoms with van der Waals surface area (Å²) in [6.45, 7) is 3.75. The van der Waals surface area contributed by atoms with Crippen molar-refractivity contribution >= 4 is 23.5 Å². The molecule has 0 aliphatic heterocycles. The van der Waals surface area contributed by atoms with E-state index in [0.717, 1.165) is 12.8 Å². The Balaban J connectivity index is 2.08. The molecule has 6 nitrogen and oxygen atoms in total. The van der Waals surface area contributed by atoms with Crippen molar-refractivity contribution in [2.45, 2.75) is 45.6 Å². The summed E-state index contributed by atoms with van der Waals surface area (Å²) in [7, 11) is 0. The van der Waals surface area contributed by atoms with Crippen LogP contribution in [0.25, 0.3) is 0 Å². The van der Waals surface area contributed by atoms with Gasteiger partial charge in [0, 0.05) is 17.3 Å². The molecule has 0 spiro atoms. The fraction of sp³-hybridized carbons (Fsp3) is 0.500. The zero-order valence-corrected chi connectivity index (χ0v) is 14.0. The molecule has 2 rings (SSSR count). The molecule has 0 saturated heterocycles. The number of amides is 2. The summed E-state index contributed by atoms with van der Waals surface area (Å²) in [4.78, 5) is 35.8. The average Bonchev–Trinajstić information content (AvgIpc) is 2.54. The summed E-state index contributed by atoms with van der Waals surface area (Å²) >= 11 is 0. The van der Waals surface area contributed by atoms with Gasteiger partial charge in [0.25, 0.3) is 5.91 Å². The van der Waals surface area contributed by atoms with Crippen LogP contribution in [0.5, 0.6) is 0 Å². The van der Waals surface area contributed by atoms with Crippen molar-refractivity contribution in [1.29, 1.82) is 0 Å². The SMILES string of the molecule is CC(C)NC(=O)c1cccc(NC(=O)C2CCCCC2C(=O)O)c1. The minimum atomic E-state index is -0.917. The predicted octanol–water partition coefficient (Wildman–Crippen LogP) is 2.65. The van der Waals surface area contributed by atoms with E-state index in [1.165, 1.54) is 0 Å². The quantitative estimate of drug-likeness (QED) is 0.772. The van der Waals surface area contributed by atoms with Gasteiger partial charge in [0.05, 0.1) is 11.8 Å². The molecule has 1 aromatic rings. The third-order valence-electron chi connectivity index (χ3n) is 4.23. The Bertz CT molecular complexity index is 627. The highest BCUT2D eigenvalue weighted by atomic mass is 16.4. The third-order valence-corrected chi connectivity index (χ3v) is 4.23. The van der Waals surface area contributed by atoms with Crippen LogP contribution in [-0.2, 0) is 9.59 Å². The number of carboxylic acids is 1. The number of carboxylic acid groups (broad SMARTS) is 1. The third kappa shape index (κ3) is 4.57. The van der Waals surface area contributed by atoms with Crippen LogP contribution in [0.4, 0.5) is 5.69 Å². The molecule has 0 radical (unpaired) electrons. The van der Waals surface area contributed by atoms with Crippen LogP contribution in [0.2, 0.25) is 0 Å². The first-order valence-electron chi connectivity index (χ1n) is 8.33. The maximum absolute atomic E-state index is 12.5. The Hall–Kier alpha value is -2.37. The molecule has 1 aliphatic carbocycles. The molecule has 1 aliphatic rings. The molecule has 0 bridgehead atoms. The highest BCUT2D eigenvalue weighted by Gasteiger charge is 2.35. The maximum atomic E-state index is 12.5. The van der Waals surface area contributed by atoms with Gasteiger partial charge in [0.1, 0.15) is 0 Å². The van der Waals surface area contributed by atoms with Gasteiger partial charge in [-0.3, -0.25) is 14.4 Å². The van der Waals surface area contributed by atoms with Gasteiger partial charge in [-0.15, -0.1) is 0 Å². The molecular weight excluding hydrogens is 308 g/mol. The van der Waals surface area contributed by atoms with Gasteiger partial charge in [0.15, 0.2) is 0 Å². The molecule has 6 heteroatoms. The predicted molar refractivity (Wildman–Crippen MR) is 90.8 cm³/mol. The number of hydrogen-bond donors (Lipinski definition) is 3. The number of hydrogen-bond acceptors (Lipinski definition) is 3. The van der Waals surface area contributed by atoms with Crippen molar-refractivity contribution in [3.8, 4) is 0 Å². The largest absolute Gasteiger partial charge is 0.481 e. The zero-order chi connectivity index (χ0) is 17.7. The van der Waals surface area contributed by atoms with E-state index in [1.807, 2.05) is 13.8 Å². The Morgan fingerprint density at radius 2 is 1.79 bits per heavy atom. The minimum absolute atomic E-state index is 0.0225. The summed E-state index contributed by atoms with van der Waals surface area (Å²) in [5.74, 6) is -2.57. The van der Waals surface area contributed by atoms with E-state index in [4.69, 9.17) is 0 Å². The highest BCUT2D eigenvalue weighted by Crippen LogP contribution is 2.31. The van der Waals surface area contributed by atoms with Gasteiger partial charge in [-0.25, -0.2) is 0 Å². The molecule has 2 atom stereocenters. The van der Waals surface area contributed by atoms with Crippen molar-refractivity contribution < 1.29 is 19.5 Å². The van der Waals surface area contributed by atoms with E-state index < -0.39 is 17.8 Å². The minimum Gasteiger partial charge on any atom is -0.481 e. The van der Waals surface area contributed by atoms with Crippen LogP contribution in [0, 0.1) is 11.8 Å². The Kier molecular flexibility index (Phi) is 5.95.